The van der Waals surface area contributed by atoms with Crippen LogP contribution in [0.3, 0.4) is 0 Å². The molecule has 3 heteroatoms. The molecule has 1 N–H and O–H groups in total. The molecule has 1 rings (SSSR count). The number of hydrogen-bond acceptors (Lipinski definition) is 1. The first-order valence-corrected chi connectivity index (χ1v) is 5.15. The Morgan fingerprint density at radius 1 is 1.43 bits per heavy atom. The molecule has 14 heavy (non-hydrogen) atoms. The van der Waals surface area contributed by atoms with Gasteiger partial charge in [0.1, 0.15) is 5.82 Å². The van der Waals surface area contributed by atoms with Gasteiger partial charge in [-0.25, -0.2) is 4.39 Å². The van der Waals surface area contributed by atoms with Gasteiger partial charge in [-0.05, 0) is 24.6 Å². The van der Waals surface area contributed by atoms with Crippen LogP contribution in [0.25, 0.3) is 0 Å². The third-order valence-corrected chi connectivity index (χ3v) is 2.27. The van der Waals surface area contributed by atoms with E-state index in [0.717, 1.165) is 6.54 Å². The third-order valence-electron chi connectivity index (χ3n) is 1.98. The van der Waals surface area contributed by atoms with Gasteiger partial charge in [-0.2, -0.15) is 0 Å². The molecule has 0 bridgehead atoms. The Morgan fingerprint density at radius 3 is 2.79 bits per heavy atom. The van der Waals surface area contributed by atoms with Gasteiger partial charge in [0, 0.05) is 6.04 Å². The molecule has 0 spiro atoms. The number of halogens is 2. The van der Waals surface area contributed by atoms with Gasteiger partial charge in [0.15, 0.2) is 0 Å². The van der Waals surface area contributed by atoms with Crippen LogP contribution in [-0.2, 0) is 6.42 Å². The molecule has 0 unspecified atom stereocenters. The summed E-state index contributed by atoms with van der Waals surface area (Å²) in [5.41, 5.74) is 0.672. The SMILES string of the molecule is CC(C)NCCc1cccc(Cl)c1F. The molecule has 0 atom stereocenters. The van der Waals surface area contributed by atoms with E-state index >= 15 is 0 Å². The fraction of sp³-hybridized carbons (Fsp3) is 0.455. The highest BCUT2D eigenvalue weighted by Gasteiger charge is 2.05. The van der Waals surface area contributed by atoms with Gasteiger partial charge in [-0.15, -0.1) is 0 Å². The first-order chi connectivity index (χ1) is 6.61. The third kappa shape index (κ3) is 3.28. The van der Waals surface area contributed by atoms with Crippen molar-refractivity contribution in [2.45, 2.75) is 26.3 Å². The Bertz CT molecular complexity index is 299. The van der Waals surface area contributed by atoms with E-state index in [1.165, 1.54) is 0 Å². The summed E-state index contributed by atoms with van der Waals surface area (Å²) in [5.74, 6) is -0.292. The molecule has 1 nitrogen and oxygen atoms in total. The van der Waals surface area contributed by atoms with Crippen LogP contribution >= 0.6 is 11.6 Å². The van der Waals surface area contributed by atoms with Crippen molar-refractivity contribution in [3.8, 4) is 0 Å². The lowest BCUT2D eigenvalue weighted by Gasteiger charge is -2.08. The lowest BCUT2D eigenvalue weighted by Crippen LogP contribution is -2.25. The Labute approximate surface area is 89.3 Å². The maximum atomic E-state index is 13.4. The lowest BCUT2D eigenvalue weighted by molar-refractivity contribution is 0.568. The predicted octanol–water partition coefficient (Wildman–Crippen LogP) is 3.02. The Hall–Kier alpha value is -0.600. The topological polar surface area (TPSA) is 12.0 Å². The molecule has 0 radical (unpaired) electrons. The van der Waals surface area contributed by atoms with Crippen LogP contribution in [0.15, 0.2) is 18.2 Å². The number of nitrogens with one attached hydrogen (secondary N) is 1. The van der Waals surface area contributed by atoms with Gasteiger partial charge in [-0.1, -0.05) is 37.6 Å². The minimum absolute atomic E-state index is 0.201. The van der Waals surface area contributed by atoms with Crippen LogP contribution in [-0.4, -0.2) is 12.6 Å². The maximum Gasteiger partial charge on any atom is 0.145 e. The zero-order valence-electron chi connectivity index (χ0n) is 8.48. The summed E-state index contributed by atoms with van der Waals surface area (Å²) in [4.78, 5) is 0. The monoisotopic (exact) mass is 215 g/mol. The van der Waals surface area contributed by atoms with Gasteiger partial charge in [0.25, 0.3) is 0 Å². The largest absolute Gasteiger partial charge is 0.314 e. The molecular formula is C11H15ClFN. The van der Waals surface area contributed by atoms with Gasteiger partial charge < -0.3 is 5.32 Å². The highest BCUT2D eigenvalue weighted by molar-refractivity contribution is 6.30. The van der Waals surface area contributed by atoms with E-state index in [0.29, 0.717) is 18.0 Å². The smallest absolute Gasteiger partial charge is 0.145 e. The van der Waals surface area contributed by atoms with Crippen LogP contribution in [0.2, 0.25) is 5.02 Å². The lowest BCUT2D eigenvalue weighted by atomic mass is 10.1. The summed E-state index contributed by atoms with van der Waals surface area (Å²) in [6.07, 6.45) is 0.671. The highest BCUT2D eigenvalue weighted by Crippen LogP contribution is 2.17. The second-order valence-electron chi connectivity index (χ2n) is 3.57. The standard InChI is InChI=1S/C11H15ClFN/c1-8(2)14-7-6-9-4-3-5-10(12)11(9)13/h3-5,8,14H,6-7H2,1-2H3. The second-order valence-corrected chi connectivity index (χ2v) is 3.98. The molecule has 0 aliphatic heterocycles. The first kappa shape index (κ1) is 11.5. The Balaban J connectivity index is 2.54. The minimum atomic E-state index is -0.292. The molecule has 0 saturated carbocycles. The normalized spacial score (nSPS) is 10.9. The van der Waals surface area contributed by atoms with Crippen molar-refractivity contribution >= 4 is 11.6 Å². The van der Waals surface area contributed by atoms with Crippen molar-refractivity contribution in [2.75, 3.05) is 6.54 Å². The summed E-state index contributed by atoms with van der Waals surface area (Å²) in [6.45, 7) is 4.90. The highest BCUT2D eigenvalue weighted by atomic mass is 35.5. The molecule has 78 valence electrons. The summed E-state index contributed by atoms with van der Waals surface area (Å²) in [6, 6.07) is 5.53. The van der Waals surface area contributed by atoms with Crippen LogP contribution in [0.4, 0.5) is 4.39 Å². The van der Waals surface area contributed by atoms with Crippen molar-refractivity contribution in [2.24, 2.45) is 0 Å². The van der Waals surface area contributed by atoms with E-state index in [2.05, 4.69) is 19.2 Å². The molecule has 0 aliphatic carbocycles. The van der Waals surface area contributed by atoms with Crippen LogP contribution in [0.1, 0.15) is 19.4 Å². The van der Waals surface area contributed by atoms with Gasteiger partial charge in [0.2, 0.25) is 0 Å². The average molecular weight is 216 g/mol. The fourth-order valence-electron chi connectivity index (χ4n) is 1.24. The van der Waals surface area contributed by atoms with Gasteiger partial charge in [-0.3, -0.25) is 0 Å². The predicted molar refractivity (Wildman–Crippen MR) is 58.3 cm³/mol. The van der Waals surface area contributed by atoms with E-state index in [1.807, 2.05) is 0 Å². The summed E-state index contributed by atoms with van der Waals surface area (Å²) < 4.78 is 13.4. The van der Waals surface area contributed by atoms with E-state index < -0.39 is 0 Å². The Kier molecular flexibility index (Phi) is 4.36. The zero-order chi connectivity index (χ0) is 10.6. The van der Waals surface area contributed by atoms with E-state index in [4.69, 9.17) is 11.6 Å². The zero-order valence-corrected chi connectivity index (χ0v) is 9.24. The molecule has 0 amide bonds. The number of hydrogen-bond donors (Lipinski definition) is 1. The van der Waals surface area contributed by atoms with E-state index in [9.17, 15) is 4.39 Å². The van der Waals surface area contributed by atoms with Crippen molar-refractivity contribution in [1.29, 1.82) is 0 Å². The van der Waals surface area contributed by atoms with Crippen molar-refractivity contribution in [3.63, 3.8) is 0 Å². The Morgan fingerprint density at radius 2 is 2.14 bits per heavy atom. The molecule has 0 heterocycles. The second kappa shape index (κ2) is 5.32. The first-order valence-electron chi connectivity index (χ1n) is 4.77. The number of benzene rings is 1. The van der Waals surface area contributed by atoms with Gasteiger partial charge >= 0.3 is 0 Å². The van der Waals surface area contributed by atoms with Crippen LogP contribution in [0.5, 0.6) is 0 Å². The molecule has 1 aromatic rings. The minimum Gasteiger partial charge on any atom is -0.314 e. The van der Waals surface area contributed by atoms with E-state index in [-0.39, 0.29) is 10.8 Å². The van der Waals surface area contributed by atoms with Crippen LogP contribution in [0, 0.1) is 5.82 Å². The molecule has 0 aliphatic rings. The summed E-state index contributed by atoms with van der Waals surface area (Å²) in [5, 5.41) is 3.43. The summed E-state index contributed by atoms with van der Waals surface area (Å²) >= 11 is 5.66. The molecular weight excluding hydrogens is 201 g/mol. The van der Waals surface area contributed by atoms with Crippen LogP contribution < -0.4 is 5.32 Å². The quantitative estimate of drug-likeness (QED) is 0.814. The number of rotatable bonds is 4. The average Bonchev–Trinajstić information content (AvgIpc) is 2.12. The molecule has 1 aromatic carbocycles. The molecule has 0 fully saturated rings. The molecule has 0 saturated heterocycles. The maximum absolute atomic E-state index is 13.4. The van der Waals surface area contributed by atoms with Crippen molar-refractivity contribution < 1.29 is 4.39 Å². The fourth-order valence-corrected chi connectivity index (χ4v) is 1.43. The summed E-state index contributed by atoms with van der Waals surface area (Å²) in [7, 11) is 0. The van der Waals surface area contributed by atoms with Gasteiger partial charge in [0.05, 0.1) is 5.02 Å². The van der Waals surface area contributed by atoms with Crippen molar-refractivity contribution in [1.82, 2.24) is 5.32 Å². The molecule has 0 aromatic heterocycles. The van der Waals surface area contributed by atoms with Crippen molar-refractivity contribution in [3.05, 3.63) is 34.6 Å². The van der Waals surface area contributed by atoms with E-state index in [1.54, 1.807) is 18.2 Å².